The Morgan fingerprint density at radius 3 is 2.39 bits per heavy atom. The van der Waals surface area contributed by atoms with Gasteiger partial charge in [-0.25, -0.2) is 4.68 Å². The SMILES string of the molecule is CCN(CC)C(=O)c1cn(C2CCC(NC(=O)c3ccccc3C(F)(F)F)CC2)nn1. The second kappa shape index (κ2) is 9.49. The number of aromatic nitrogens is 3. The van der Waals surface area contributed by atoms with Crippen molar-refractivity contribution in [2.24, 2.45) is 0 Å². The van der Waals surface area contributed by atoms with E-state index in [-0.39, 0.29) is 23.6 Å². The summed E-state index contributed by atoms with van der Waals surface area (Å²) in [5.41, 5.74) is -1.01. The molecule has 1 aliphatic rings. The zero-order valence-corrected chi connectivity index (χ0v) is 17.5. The molecule has 0 radical (unpaired) electrons. The van der Waals surface area contributed by atoms with Crippen LogP contribution in [-0.4, -0.2) is 50.8 Å². The molecular formula is C21H26F3N5O2. The van der Waals surface area contributed by atoms with Gasteiger partial charge in [0.25, 0.3) is 11.8 Å². The topological polar surface area (TPSA) is 80.1 Å². The predicted octanol–water partition coefficient (Wildman–Crippen LogP) is 3.69. The van der Waals surface area contributed by atoms with E-state index >= 15 is 0 Å². The van der Waals surface area contributed by atoms with Crippen LogP contribution in [0.4, 0.5) is 13.2 Å². The van der Waals surface area contributed by atoms with Gasteiger partial charge in [-0.3, -0.25) is 9.59 Å². The van der Waals surface area contributed by atoms with E-state index in [1.54, 1.807) is 15.8 Å². The normalized spacial score (nSPS) is 19.1. The molecule has 0 unspecified atom stereocenters. The summed E-state index contributed by atoms with van der Waals surface area (Å²) in [5.74, 6) is -0.884. The standard InChI is InChI=1S/C21H26F3N5O2/c1-3-28(4-2)20(31)18-13-29(27-26-18)15-11-9-14(10-12-15)25-19(30)16-7-5-6-8-17(16)21(22,23)24/h5-8,13-15H,3-4,9-12H2,1-2H3,(H,25,30). The molecule has 2 aromatic rings. The Morgan fingerprint density at radius 2 is 1.77 bits per heavy atom. The second-order valence-corrected chi connectivity index (χ2v) is 7.58. The third-order valence-electron chi connectivity index (χ3n) is 5.66. The molecule has 0 saturated heterocycles. The molecule has 1 aliphatic carbocycles. The summed E-state index contributed by atoms with van der Waals surface area (Å²) in [6.07, 6.45) is -0.390. The van der Waals surface area contributed by atoms with Crippen molar-refractivity contribution in [3.05, 3.63) is 47.3 Å². The number of hydrogen-bond donors (Lipinski definition) is 1. The maximum absolute atomic E-state index is 13.2. The van der Waals surface area contributed by atoms with Gasteiger partial charge in [0.2, 0.25) is 0 Å². The van der Waals surface area contributed by atoms with Crippen LogP contribution < -0.4 is 5.32 Å². The average molecular weight is 437 g/mol. The van der Waals surface area contributed by atoms with E-state index < -0.39 is 17.6 Å². The lowest BCUT2D eigenvalue weighted by Crippen LogP contribution is -2.38. The van der Waals surface area contributed by atoms with Gasteiger partial charge in [-0.15, -0.1) is 5.10 Å². The number of carbonyl (C=O) groups excluding carboxylic acids is 2. The Hall–Kier alpha value is -2.91. The largest absolute Gasteiger partial charge is 0.417 e. The Labute approximate surface area is 178 Å². The van der Waals surface area contributed by atoms with E-state index in [4.69, 9.17) is 0 Å². The van der Waals surface area contributed by atoms with Crippen LogP contribution in [0.25, 0.3) is 0 Å². The average Bonchev–Trinajstić information content (AvgIpc) is 3.25. The van der Waals surface area contributed by atoms with Crippen molar-refractivity contribution < 1.29 is 22.8 Å². The molecule has 0 bridgehead atoms. The van der Waals surface area contributed by atoms with Crippen LogP contribution in [0, 0.1) is 0 Å². The van der Waals surface area contributed by atoms with Gasteiger partial charge < -0.3 is 10.2 Å². The van der Waals surface area contributed by atoms with E-state index in [1.807, 2.05) is 13.8 Å². The first-order valence-corrected chi connectivity index (χ1v) is 10.4. The number of carbonyl (C=O) groups is 2. The molecule has 2 amide bonds. The summed E-state index contributed by atoms with van der Waals surface area (Å²) in [5, 5.41) is 10.8. The van der Waals surface area contributed by atoms with Gasteiger partial charge in [0.15, 0.2) is 5.69 Å². The lowest BCUT2D eigenvalue weighted by atomic mass is 9.91. The number of alkyl halides is 3. The van der Waals surface area contributed by atoms with Crippen LogP contribution in [0.15, 0.2) is 30.5 Å². The molecule has 7 nitrogen and oxygen atoms in total. The highest BCUT2D eigenvalue weighted by molar-refractivity contribution is 5.96. The van der Waals surface area contributed by atoms with Crippen LogP contribution in [0.2, 0.25) is 0 Å². The second-order valence-electron chi connectivity index (χ2n) is 7.58. The minimum atomic E-state index is -4.58. The van der Waals surface area contributed by atoms with Crippen molar-refractivity contribution in [3.63, 3.8) is 0 Å². The van der Waals surface area contributed by atoms with Crippen molar-refractivity contribution >= 4 is 11.8 Å². The molecule has 1 aromatic heterocycles. The summed E-state index contributed by atoms with van der Waals surface area (Å²) in [6.45, 7) is 4.97. The molecule has 1 fully saturated rings. The molecule has 10 heteroatoms. The van der Waals surface area contributed by atoms with E-state index in [0.29, 0.717) is 44.5 Å². The van der Waals surface area contributed by atoms with Crippen LogP contribution in [0.3, 0.4) is 0 Å². The van der Waals surface area contributed by atoms with E-state index in [9.17, 15) is 22.8 Å². The van der Waals surface area contributed by atoms with Crippen molar-refractivity contribution in [3.8, 4) is 0 Å². The fourth-order valence-electron chi connectivity index (χ4n) is 3.90. The summed E-state index contributed by atoms with van der Waals surface area (Å²) in [6, 6.07) is 4.60. The molecule has 0 spiro atoms. The summed E-state index contributed by atoms with van der Waals surface area (Å²) < 4.78 is 41.1. The molecule has 3 rings (SSSR count). The van der Waals surface area contributed by atoms with Crippen molar-refractivity contribution in [2.45, 2.75) is 57.8 Å². The maximum atomic E-state index is 13.2. The van der Waals surface area contributed by atoms with Crippen molar-refractivity contribution in [1.82, 2.24) is 25.2 Å². The van der Waals surface area contributed by atoms with Gasteiger partial charge >= 0.3 is 6.18 Å². The Balaban J connectivity index is 1.59. The molecule has 168 valence electrons. The quantitative estimate of drug-likeness (QED) is 0.748. The first-order valence-electron chi connectivity index (χ1n) is 10.4. The Morgan fingerprint density at radius 1 is 1.13 bits per heavy atom. The number of nitrogens with one attached hydrogen (secondary N) is 1. The number of benzene rings is 1. The molecule has 1 heterocycles. The fraction of sp³-hybridized carbons (Fsp3) is 0.524. The van der Waals surface area contributed by atoms with Gasteiger partial charge in [-0.2, -0.15) is 13.2 Å². The van der Waals surface area contributed by atoms with Crippen molar-refractivity contribution in [2.75, 3.05) is 13.1 Å². The first kappa shape index (κ1) is 22.8. The summed E-state index contributed by atoms with van der Waals surface area (Å²) in [4.78, 5) is 26.5. The van der Waals surface area contributed by atoms with Gasteiger partial charge in [-0.1, -0.05) is 17.3 Å². The molecule has 0 aliphatic heterocycles. The third kappa shape index (κ3) is 5.23. The zero-order valence-electron chi connectivity index (χ0n) is 17.5. The Bertz CT molecular complexity index is 916. The van der Waals surface area contributed by atoms with Crippen LogP contribution in [0.1, 0.15) is 72.0 Å². The maximum Gasteiger partial charge on any atom is 0.417 e. The smallest absolute Gasteiger partial charge is 0.349 e. The number of halogens is 3. The predicted molar refractivity (Wildman–Crippen MR) is 107 cm³/mol. The van der Waals surface area contributed by atoms with Gasteiger partial charge in [0.1, 0.15) is 0 Å². The number of rotatable bonds is 6. The summed E-state index contributed by atoms with van der Waals surface area (Å²) in [7, 11) is 0. The van der Waals surface area contributed by atoms with E-state index in [2.05, 4.69) is 15.6 Å². The van der Waals surface area contributed by atoms with Gasteiger partial charge in [0, 0.05) is 19.1 Å². The third-order valence-corrected chi connectivity index (χ3v) is 5.66. The number of hydrogen-bond acceptors (Lipinski definition) is 4. The molecule has 0 atom stereocenters. The highest BCUT2D eigenvalue weighted by Gasteiger charge is 2.35. The highest BCUT2D eigenvalue weighted by Crippen LogP contribution is 2.32. The highest BCUT2D eigenvalue weighted by atomic mass is 19.4. The van der Waals surface area contributed by atoms with E-state index in [1.165, 1.54) is 18.2 Å². The minimum absolute atomic E-state index is 0.0290. The van der Waals surface area contributed by atoms with Crippen LogP contribution in [-0.2, 0) is 6.18 Å². The van der Waals surface area contributed by atoms with Gasteiger partial charge in [0.05, 0.1) is 23.4 Å². The van der Waals surface area contributed by atoms with Crippen LogP contribution >= 0.6 is 0 Å². The van der Waals surface area contributed by atoms with Crippen LogP contribution in [0.5, 0.6) is 0 Å². The lowest BCUT2D eigenvalue weighted by molar-refractivity contribution is -0.137. The summed E-state index contributed by atoms with van der Waals surface area (Å²) >= 11 is 0. The molecule has 1 saturated carbocycles. The minimum Gasteiger partial charge on any atom is -0.349 e. The molecular weight excluding hydrogens is 411 g/mol. The number of nitrogens with zero attached hydrogens (tertiary/aromatic N) is 4. The lowest BCUT2D eigenvalue weighted by Gasteiger charge is -2.29. The number of amides is 2. The van der Waals surface area contributed by atoms with Gasteiger partial charge in [-0.05, 0) is 51.7 Å². The van der Waals surface area contributed by atoms with Crippen molar-refractivity contribution in [1.29, 1.82) is 0 Å². The monoisotopic (exact) mass is 437 g/mol. The molecule has 1 aromatic carbocycles. The molecule has 1 N–H and O–H groups in total. The fourth-order valence-corrected chi connectivity index (χ4v) is 3.90. The Kier molecular flexibility index (Phi) is 6.97. The first-order chi connectivity index (χ1) is 14.7. The zero-order chi connectivity index (χ0) is 22.6. The molecule has 31 heavy (non-hydrogen) atoms. The van der Waals surface area contributed by atoms with E-state index in [0.717, 1.165) is 6.07 Å².